The van der Waals surface area contributed by atoms with E-state index in [4.69, 9.17) is 0 Å². The average molecular weight is 774 g/mol. The van der Waals surface area contributed by atoms with E-state index in [1.807, 2.05) is 34.0 Å². The summed E-state index contributed by atoms with van der Waals surface area (Å²) in [5.74, 6) is 0. The molecule has 1 nitrogen and oxygen atoms in total. The molecule has 0 N–H and O–H groups in total. The van der Waals surface area contributed by atoms with Crippen molar-refractivity contribution in [2.24, 2.45) is 0 Å². The van der Waals surface area contributed by atoms with Gasteiger partial charge in [0.2, 0.25) is 6.71 Å². The third-order valence-corrected chi connectivity index (χ3v) is 16.0. The van der Waals surface area contributed by atoms with Crippen LogP contribution in [0.15, 0.2) is 170 Å². The summed E-state index contributed by atoms with van der Waals surface area (Å²) >= 11 is 5.72. The molecule has 0 radical (unpaired) electrons. The summed E-state index contributed by atoms with van der Waals surface area (Å²) in [6.45, 7) is 0.112. The van der Waals surface area contributed by atoms with E-state index in [1.165, 1.54) is 127 Å². The molecule has 14 rings (SSSR count). The number of hydrogen-bond donors (Lipinski definition) is 0. The molecule has 0 spiro atoms. The van der Waals surface area contributed by atoms with Gasteiger partial charge in [-0.25, -0.2) is 0 Å². The molecule has 0 fully saturated rings. The fourth-order valence-electron chi connectivity index (χ4n) is 10.1. The van der Waals surface area contributed by atoms with Crippen LogP contribution in [0.5, 0.6) is 0 Å². The van der Waals surface area contributed by atoms with Crippen LogP contribution in [0.25, 0.3) is 93.5 Å². The van der Waals surface area contributed by atoms with Gasteiger partial charge in [0.25, 0.3) is 0 Å². The Morgan fingerprint density at radius 2 is 0.947 bits per heavy atom. The van der Waals surface area contributed by atoms with Gasteiger partial charge in [0.15, 0.2) is 0 Å². The van der Waals surface area contributed by atoms with Crippen molar-refractivity contribution in [2.45, 2.75) is 0 Å². The number of benzene rings is 9. The number of nitrogens with zero attached hydrogens (tertiary/aromatic N) is 1. The summed E-state index contributed by atoms with van der Waals surface area (Å²) in [6, 6.07) is 64.6. The maximum absolute atomic E-state index is 2.60. The van der Waals surface area contributed by atoms with Crippen molar-refractivity contribution in [3.63, 3.8) is 0 Å². The second kappa shape index (κ2) is 11.2. The van der Waals surface area contributed by atoms with Crippen LogP contribution in [-0.2, 0) is 0 Å². The number of rotatable bonds is 2. The van der Waals surface area contributed by atoms with Crippen LogP contribution in [0.3, 0.4) is 0 Å². The molecular weight excluding hydrogens is 746 g/mol. The van der Waals surface area contributed by atoms with Crippen molar-refractivity contribution in [2.75, 3.05) is 4.90 Å². The fourth-order valence-corrected chi connectivity index (χ4v) is 13.5. The Bertz CT molecular complexity index is 3740. The van der Waals surface area contributed by atoms with Crippen LogP contribution in [0.4, 0.5) is 17.1 Å². The van der Waals surface area contributed by atoms with Gasteiger partial charge in [-0.15, -0.1) is 34.0 Å². The Balaban J connectivity index is 1.11. The molecule has 12 aromatic rings. The lowest BCUT2D eigenvalue weighted by Crippen LogP contribution is -2.54. The van der Waals surface area contributed by atoms with E-state index in [0.717, 1.165) is 0 Å². The molecule has 2 aliphatic heterocycles. The van der Waals surface area contributed by atoms with E-state index in [-0.39, 0.29) is 6.71 Å². The van der Waals surface area contributed by atoms with Gasteiger partial charge in [-0.1, -0.05) is 115 Å². The van der Waals surface area contributed by atoms with Gasteiger partial charge in [-0.05, 0) is 115 Å². The third kappa shape index (κ3) is 4.23. The normalized spacial score (nSPS) is 13.2. The van der Waals surface area contributed by atoms with Gasteiger partial charge in [-0.3, -0.25) is 0 Å². The van der Waals surface area contributed by atoms with E-state index in [2.05, 4.69) is 175 Å². The van der Waals surface area contributed by atoms with E-state index >= 15 is 0 Å². The standard InChI is InChI=1S/C52H28BNS3/c1-2-10-30-21-31(18-17-29(30)9-1)32-22-41-38-27-50-39(35-12-4-7-15-47(35)56-50)25-42(38)53-43-26-40-36-13-5-8-16-48(36)57-51(40)28-44(43)54(45(23-32)52(41)53)33-19-20-37-34-11-3-6-14-46(34)55-49(37)24-33/h1-28H. The first-order chi connectivity index (χ1) is 28.2. The highest BCUT2D eigenvalue weighted by molar-refractivity contribution is 7.26. The van der Waals surface area contributed by atoms with Crippen LogP contribution >= 0.6 is 34.0 Å². The van der Waals surface area contributed by atoms with E-state index in [9.17, 15) is 0 Å². The van der Waals surface area contributed by atoms with Crippen molar-refractivity contribution in [1.29, 1.82) is 0 Å². The molecule has 0 amide bonds. The smallest absolute Gasteiger partial charge is 0.248 e. The third-order valence-electron chi connectivity index (χ3n) is 12.6. The first kappa shape index (κ1) is 30.9. The molecule has 3 aromatic heterocycles. The zero-order valence-corrected chi connectivity index (χ0v) is 32.9. The summed E-state index contributed by atoms with van der Waals surface area (Å²) in [4.78, 5) is 2.60. The van der Waals surface area contributed by atoms with Gasteiger partial charge in [0, 0.05) is 66.8 Å². The summed E-state index contributed by atoms with van der Waals surface area (Å²) in [7, 11) is 0. The first-order valence-corrected chi connectivity index (χ1v) is 22.0. The van der Waals surface area contributed by atoms with E-state index in [1.54, 1.807) is 0 Å². The molecule has 2 aliphatic rings. The van der Waals surface area contributed by atoms with Crippen molar-refractivity contribution < 1.29 is 0 Å². The minimum absolute atomic E-state index is 0.112. The van der Waals surface area contributed by atoms with Crippen LogP contribution in [0.2, 0.25) is 0 Å². The highest BCUT2D eigenvalue weighted by Gasteiger charge is 2.43. The van der Waals surface area contributed by atoms with Crippen molar-refractivity contribution in [3.8, 4) is 22.3 Å². The number of fused-ring (bicyclic) bond motifs is 15. The van der Waals surface area contributed by atoms with Gasteiger partial charge < -0.3 is 4.90 Å². The lowest BCUT2D eigenvalue weighted by molar-refractivity contribution is 1.31. The minimum atomic E-state index is 0.112. The Labute approximate surface area is 340 Å². The zero-order valence-electron chi connectivity index (χ0n) is 30.4. The van der Waals surface area contributed by atoms with Crippen molar-refractivity contribution in [3.05, 3.63) is 170 Å². The molecule has 5 heteroatoms. The lowest BCUT2D eigenvalue weighted by atomic mass is 9.37. The van der Waals surface area contributed by atoms with Crippen molar-refractivity contribution >= 4 is 145 Å². The predicted octanol–water partition coefficient (Wildman–Crippen LogP) is 13.9. The summed E-state index contributed by atoms with van der Waals surface area (Å²) in [5.41, 5.74) is 13.2. The quantitative estimate of drug-likeness (QED) is 0.158. The highest BCUT2D eigenvalue weighted by atomic mass is 32.1. The molecule has 0 aliphatic carbocycles. The minimum Gasteiger partial charge on any atom is -0.311 e. The predicted molar refractivity (Wildman–Crippen MR) is 253 cm³/mol. The molecule has 0 saturated carbocycles. The molecule has 0 bridgehead atoms. The summed E-state index contributed by atoms with van der Waals surface area (Å²) in [6.07, 6.45) is 0. The van der Waals surface area contributed by atoms with E-state index in [0.29, 0.717) is 0 Å². The second-order valence-electron chi connectivity index (χ2n) is 15.6. The molecular formula is C52H28BNS3. The zero-order chi connectivity index (χ0) is 36.9. The molecule has 0 saturated heterocycles. The molecule has 262 valence electrons. The Kier molecular flexibility index (Phi) is 6.08. The lowest BCUT2D eigenvalue weighted by Gasteiger charge is -2.36. The Hall–Kier alpha value is -6.24. The molecule has 5 heterocycles. The maximum Gasteiger partial charge on any atom is 0.248 e. The summed E-state index contributed by atoms with van der Waals surface area (Å²) in [5, 5.41) is 10.6. The number of anilines is 3. The number of thiophene rings is 3. The molecule has 9 aromatic carbocycles. The topological polar surface area (TPSA) is 3.24 Å². The Morgan fingerprint density at radius 3 is 1.68 bits per heavy atom. The van der Waals surface area contributed by atoms with Gasteiger partial charge >= 0.3 is 0 Å². The van der Waals surface area contributed by atoms with Crippen molar-refractivity contribution in [1.82, 2.24) is 0 Å². The molecule has 0 atom stereocenters. The monoisotopic (exact) mass is 773 g/mol. The molecule has 57 heavy (non-hydrogen) atoms. The first-order valence-electron chi connectivity index (χ1n) is 19.5. The van der Waals surface area contributed by atoms with Gasteiger partial charge in [0.1, 0.15) is 0 Å². The highest BCUT2D eigenvalue weighted by Crippen LogP contribution is 2.48. The second-order valence-corrected chi connectivity index (χ2v) is 18.9. The van der Waals surface area contributed by atoms with Crippen LogP contribution in [0.1, 0.15) is 0 Å². The van der Waals surface area contributed by atoms with E-state index < -0.39 is 0 Å². The van der Waals surface area contributed by atoms with Gasteiger partial charge in [0.05, 0.1) is 0 Å². The van der Waals surface area contributed by atoms with Crippen LogP contribution < -0.4 is 21.3 Å². The Morgan fingerprint density at radius 1 is 0.351 bits per heavy atom. The van der Waals surface area contributed by atoms with Gasteiger partial charge in [-0.2, -0.15) is 0 Å². The maximum atomic E-state index is 2.60. The fraction of sp³-hybridized carbons (Fsp3) is 0. The largest absolute Gasteiger partial charge is 0.311 e. The SMILES string of the molecule is c1ccc2cc(-c3cc4c5c(c3)N(c3ccc6c(c3)sc3ccccc36)c3cc6sc7ccccc7c6cc3B5c3cc5c(cc3-4)sc3ccccc35)ccc2c1. The average Bonchev–Trinajstić information content (AvgIpc) is 4.01. The summed E-state index contributed by atoms with van der Waals surface area (Å²) < 4.78 is 8.01. The number of hydrogen-bond acceptors (Lipinski definition) is 4. The molecule has 0 unspecified atom stereocenters. The van der Waals surface area contributed by atoms with Crippen LogP contribution in [0, 0.1) is 0 Å². The van der Waals surface area contributed by atoms with Crippen LogP contribution in [-0.4, -0.2) is 6.71 Å².